The van der Waals surface area contributed by atoms with Gasteiger partial charge in [-0.2, -0.15) is 0 Å². The lowest BCUT2D eigenvalue weighted by Gasteiger charge is -2.37. The van der Waals surface area contributed by atoms with Crippen LogP contribution in [0.2, 0.25) is 0 Å². The number of anilines is 1. The van der Waals surface area contributed by atoms with Crippen molar-refractivity contribution in [3.8, 4) is 0 Å². The highest BCUT2D eigenvalue weighted by Crippen LogP contribution is 2.27. The first-order valence-electron chi connectivity index (χ1n) is 6.28. The van der Waals surface area contributed by atoms with Crippen molar-refractivity contribution in [2.45, 2.75) is 18.9 Å². The molecule has 0 bridgehead atoms. The summed E-state index contributed by atoms with van der Waals surface area (Å²) < 4.78 is 1.03. The summed E-state index contributed by atoms with van der Waals surface area (Å²) in [5, 5.41) is 0. The molecule has 18 heavy (non-hydrogen) atoms. The Labute approximate surface area is 117 Å². The number of nitrogens with zero attached hydrogens (tertiary/aromatic N) is 2. The van der Waals surface area contributed by atoms with Gasteiger partial charge in [-0.25, -0.2) is 0 Å². The Morgan fingerprint density at radius 2 is 2.00 bits per heavy atom. The highest BCUT2D eigenvalue weighted by molar-refractivity contribution is 9.10. The van der Waals surface area contributed by atoms with Crippen molar-refractivity contribution in [3.63, 3.8) is 0 Å². The Balaban J connectivity index is 2.14. The zero-order valence-corrected chi connectivity index (χ0v) is 12.5. The number of aldehydes is 1. The Morgan fingerprint density at radius 1 is 1.33 bits per heavy atom. The Morgan fingerprint density at radius 3 is 2.56 bits per heavy atom. The summed E-state index contributed by atoms with van der Waals surface area (Å²) >= 11 is 3.48. The third-order valence-corrected chi connectivity index (χ3v) is 4.15. The largest absolute Gasteiger partial charge is 0.371 e. The number of carbonyl (C=O) groups excluding carboxylic acids is 1. The molecule has 1 heterocycles. The van der Waals surface area contributed by atoms with Crippen molar-refractivity contribution < 1.29 is 4.79 Å². The minimum Gasteiger partial charge on any atom is -0.371 e. The molecule has 1 aromatic carbocycles. The lowest BCUT2D eigenvalue weighted by atomic mass is 10.0. The lowest BCUT2D eigenvalue weighted by Crippen LogP contribution is -2.42. The molecule has 0 saturated carbocycles. The highest BCUT2D eigenvalue weighted by atomic mass is 79.9. The van der Waals surface area contributed by atoms with E-state index in [2.05, 4.69) is 39.8 Å². The number of benzene rings is 1. The fourth-order valence-corrected chi connectivity index (χ4v) is 2.86. The number of halogens is 1. The van der Waals surface area contributed by atoms with E-state index in [9.17, 15) is 4.79 Å². The molecular formula is C14H19BrN2O. The van der Waals surface area contributed by atoms with E-state index >= 15 is 0 Å². The van der Waals surface area contributed by atoms with Crippen molar-refractivity contribution in [1.82, 2.24) is 4.90 Å². The van der Waals surface area contributed by atoms with Crippen LogP contribution in [0.1, 0.15) is 23.2 Å². The summed E-state index contributed by atoms with van der Waals surface area (Å²) in [5.74, 6) is 0. The average molecular weight is 311 g/mol. The maximum atomic E-state index is 11.1. The monoisotopic (exact) mass is 310 g/mol. The molecule has 0 amide bonds. The van der Waals surface area contributed by atoms with E-state index in [4.69, 9.17) is 0 Å². The predicted octanol–water partition coefficient (Wildman–Crippen LogP) is 2.79. The summed E-state index contributed by atoms with van der Waals surface area (Å²) in [7, 11) is 4.27. The van der Waals surface area contributed by atoms with Crippen LogP contribution in [0.15, 0.2) is 22.7 Å². The summed E-state index contributed by atoms with van der Waals surface area (Å²) in [6.07, 6.45) is 3.25. The van der Waals surface area contributed by atoms with Gasteiger partial charge in [-0.3, -0.25) is 4.79 Å². The van der Waals surface area contributed by atoms with Gasteiger partial charge in [0.15, 0.2) is 6.29 Å². The molecule has 0 spiro atoms. The molecule has 1 fully saturated rings. The van der Waals surface area contributed by atoms with Gasteiger partial charge in [0.25, 0.3) is 0 Å². The predicted molar refractivity (Wildman–Crippen MR) is 78.5 cm³/mol. The van der Waals surface area contributed by atoms with Gasteiger partial charge in [0.05, 0.1) is 0 Å². The van der Waals surface area contributed by atoms with Crippen LogP contribution in [0.4, 0.5) is 5.69 Å². The van der Waals surface area contributed by atoms with Crippen molar-refractivity contribution in [2.75, 3.05) is 32.1 Å². The van der Waals surface area contributed by atoms with E-state index in [0.717, 1.165) is 47.9 Å². The van der Waals surface area contributed by atoms with Crippen molar-refractivity contribution in [3.05, 3.63) is 28.2 Å². The molecule has 0 aromatic heterocycles. The zero-order chi connectivity index (χ0) is 13.1. The summed E-state index contributed by atoms with van der Waals surface area (Å²) in [6.45, 7) is 2.03. The third kappa shape index (κ3) is 2.93. The van der Waals surface area contributed by atoms with Crippen molar-refractivity contribution >= 4 is 27.9 Å². The van der Waals surface area contributed by atoms with E-state index < -0.39 is 0 Å². The Hall–Kier alpha value is -0.870. The number of piperidine rings is 1. The van der Waals surface area contributed by atoms with Crippen molar-refractivity contribution in [2.24, 2.45) is 0 Å². The van der Waals surface area contributed by atoms with E-state index in [-0.39, 0.29) is 0 Å². The van der Waals surface area contributed by atoms with Crippen molar-refractivity contribution in [1.29, 1.82) is 0 Å². The maximum absolute atomic E-state index is 11.1. The average Bonchev–Trinajstić information content (AvgIpc) is 2.39. The first-order chi connectivity index (χ1) is 8.61. The summed E-state index contributed by atoms with van der Waals surface area (Å²) in [5.41, 5.74) is 1.83. The van der Waals surface area contributed by atoms with E-state index in [1.54, 1.807) is 0 Å². The van der Waals surface area contributed by atoms with E-state index in [1.807, 2.05) is 18.2 Å². The standard InChI is InChI=1S/C14H19BrN2O/c1-16(2)13-5-7-17(8-6-13)14-9-12(15)4-3-11(14)10-18/h3-4,9-10,13H,5-8H2,1-2H3. The van der Waals surface area contributed by atoms with Gasteiger partial charge in [0.1, 0.15) is 0 Å². The molecule has 4 heteroatoms. The zero-order valence-electron chi connectivity index (χ0n) is 10.9. The van der Waals surface area contributed by atoms with Gasteiger partial charge in [-0.15, -0.1) is 0 Å². The molecule has 1 aliphatic heterocycles. The molecule has 3 nitrogen and oxygen atoms in total. The number of carbonyl (C=O) groups is 1. The molecule has 1 aliphatic rings. The number of hydrogen-bond donors (Lipinski definition) is 0. The van der Waals surface area contributed by atoms with Crippen LogP contribution in [-0.2, 0) is 0 Å². The molecular weight excluding hydrogens is 292 g/mol. The molecule has 1 saturated heterocycles. The van der Waals surface area contributed by atoms with E-state index in [0.29, 0.717) is 6.04 Å². The Bertz CT molecular complexity index is 426. The molecule has 0 aliphatic carbocycles. The first kappa shape index (κ1) is 13.6. The quantitative estimate of drug-likeness (QED) is 0.802. The van der Waals surface area contributed by atoms with Crippen LogP contribution in [0.25, 0.3) is 0 Å². The van der Waals surface area contributed by atoms with Crippen LogP contribution in [0.3, 0.4) is 0 Å². The Kier molecular flexibility index (Phi) is 4.40. The molecule has 98 valence electrons. The number of hydrogen-bond acceptors (Lipinski definition) is 3. The van der Waals surface area contributed by atoms with Crippen LogP contribution in [0, 0.1) is 0 Å². The molecule has 1 aromatic rings. The van der Waals surface area contributed by atoms with Gasteiger partial charge < -0.3 is 9.80 Å². The lowest BCUT2D eigenvalue weighted by molar-refractivity contribution is 0.112. The SMILES string of the molecule is CN(C)C1CCN(c2cc(Br)ccc2C=O)CC1. The fraction of sp³-hybridized carbons (Fsp3) is 0.500. The van der Waals surface area contributed by atoms with E-state index in [1.165, 1.54) is 0 Å². The smallest absolute Gasteiger partial charge is 0.152 e. The minimum absolute atomic E-state index is 0.660. The summed E-state index contributed by atoms with van der Waals surface area (Å²) in [4.78, 5) is 15.7. The van der Waals surface area contributed by atoms with Gasteiger partial charge in [0.2, 0.25) is 0 Å². The van der Waals surface area contributed by atoms with Crippen LogP contribution >= 0.6 is 15.9 Å². The third-order valence-electron chi connectivity index (χ3n) is 3.65. The second kappa shape index (κ2) is 5.85. The van der Waals surface area contributed by atoms with Gasteiger partial charge in [-0.05, 0) is 45.1 Å². The van der Waals surface area contributed by atoms with Gasteiger partial charge >= 0.3 is 0 Å². The molecule has 0 N–H and O–H groups in total. The summed E-state index contributed by atoms with van der Waals surface area (Å²) in [6, 6.07) is 6.50. The highest BCUT2D eigenvalue weighted by Gasteiger charge is 2.22. The van der Waals surface area contributed by atoms with Crippen LogP contribution in [-0.4, -0.2) is 44.4 Å². The van der Waals surface area contributed by atoms with Crippen LogP contribution in [0.5, 0.6) is 0 Å². The fourth-order valence-electron chi connectivity index (χ4n) is 2.51. The molecule has 2 rings (SSSR count). The normalized spacial score (nSPS) is 17.2. The molecule has 0 unspecified atom stereocenters. The van der Waals surface area contributed by atoms with Crippen LogP contribution < -0.4 is 4.90 Å². The second-order valence-electron chi connectivity index (χ2n) is 5.00. The molecule has 0 atom stereocenters. The minimum atomic E-state index is 0.660. The van der Waals surface area contributed by atoms with Gasteiger partial charge in [-0.1, -0.05) is 15.9 Å². The topological polar surface area (TPSA) is 23.6 Å². The van der Waals surface area contributed by atoms with Gasteiger partial charge in [0, 0.05) is 34.9 Å². The second-order valence-corrected chi connectivity index (χ2v) is 5.92. The first-order valence-corrected chi connectivity index (χ1v) is 7.07. The number of rotatable bonds is 3. The molecule has 0 radical (unpaired) electrons. The maximum Gasteiger partial charge on any atom is 0.152 e.